The van der Waals surface area contributed by atoms with Crippen LogP contribution in [0.2, 0.25) is 5.02 Å². The van der Waals surface area contributed by atoms with E-state index in [1.807, 2.05) is 13.8 Å². The van der Waals surface area contributed by atoms with Gasteiger partial charge in [-0.2, -0.15) is 0 Å². The summed E-state index contributed by atoms with van der Waals surface area (Å²) in [5.41, 5.74) is 1.83. The van der Waals surface area contributed by atoms with Gasteiger partial charge < -0.3 is 10.1 Å². The molecule has 0 atom stereocenters. The molecular formula is C17H17ClN2O4. The number of hydrogen-bond acceptors (Lipinski definition) is 4. The van der Waals surface area contributed by atoms with Gasteiger partial charge in [0.15, 0.2) is 0 Å². The van der Waals surface area contributed by atoms with E-state index in [0.29, 0.717) is 28.5 Å². The average Bonchev–Trinajstić information content (AvgIpc) is 2.53. The third-order valence-electron chi connectivity index (χ3n) is 3.64. The molecule has 0 unspecified atom stereocenters. The topological polar surface area (TPSA) is 81.5 Å². The number of benzene rings is 2. The van der Waals surface area contributed by atoms with Gasteiger partial charge in [0.2, 0.25) is 0 Å². The highest BCUT2D eigenvalue weighted by molar-refractivity contribution is 6.32. The van der Waals surface area contributed by atoms with Crippen molar-refractivity contribution in [3.05, 3.63) is 62.2 Å². The van der Waals surface area contributed by atoms with Crippen LogP contribution in [-0.2, 0) is 0 Å². The lowest BCUT2D eigenvalue weighted by Gasteiger charge is -2.12. The van der Waals surface area contributed by atoms with Gasteiger partial charge in [0.05, 0.1) is 16.6 Å². The Morgan fingerprint density at radius 3 is 2.58 bits per heavy atom. The van der Waals surface area contributed by atoms with Crippen LogP contribution in [0.3, 0.4) is 0 Å². The minimum absolute atomic E-state index is 0.150. The van der Waals surface area contributed by atoms with Gasteiger partial charge in [0.25, 0.3) is 11.6 Å². The Morgan fingerprint density at radius 2 is 2.00 bits per heavy atom. The normalized spacial score (nSPS) is 10.3. The Hall–Kier alpha value is -2.60. The van der Waals surface area contributed by atoms with E-state index >= 15 is 0 Å². The molecule has 7 heteroatoms. The standard InChI is InChI=1S/C17H17ClN2O4/c1-4-24-15-8-6-12(9-13(15)18)17(21)19-16-11(3)10(2)5-7-14(16)20(22)23/h5-9H,4H2,1-3H3,(H,19,21). The summed E-state index contributed by atoms with van der Waals surface area (Å²) in [5.74, 6) is 0.00480. The van der Waals surface area contributed by atoms with Gasteiger partial charge in [-0.25, -0.2) is 0 Å². The van der Waals surface area contributed by atoms with Crippen molar-refractivity contribution in [3.8, 4) is 5.75 Å². The monoisotopic (exact) mass is 348 g/mol. The van der Waals surface area contributed by atoms with Crippen LogP contribution in [0.4, 0.5) is 11.4 Å². The summed E-state index contributed by atoms with van der Waals surface area (Å²) in [7, 11) is 0. The fourth-order valence-electron chi connectivity index (χ4n) is 2.21. The van der Waals surface area contributed by atoms with Crippen LogP contribution in [0, 0.1) is 24.0 Å². The number of anilines is 1. The van der Waals surface area contributed by atoms with Crippen molar-refractivity contribution in [2.45, 2.75) is 20.8 Å². The molecule has 126 valence electrons. The second kappa shape index (κ2) is 7.31. The molecule has 0 aromatic heterocycles. The van der Waals surface area contributed by atoms with Gasteiger partial charge in [0, 0.05) is 11.6 Å². The summed E-state index contributed by atoms with van der Waals surface area (Å²) in [6, 6.07) is 7.65. The Kier molecular flexibility index (Phi) is 5.41. The van der Waals surface area contributed by atoms with Gasteiger partial charge in [-0.15, -0.1) is 0 Å². The summed E-state index contributed by atoms with van der Waals surface area (Å²) in [6.07, 6.45) is 0. The first-order chi connectivity index (χ1) is 11.3. The zero-order chi connectivity index (χ0) is 17.9. The first-order valence-electron chi connectivity index (χ1n) is 7.33. The highest BCUT2D eigenvalue weighted by Crippen LogP contribution is 2.31. The number of nitro groups is 1. The number of amides is 1. The van der Waals surface area contributed by atoms with Gasteiger partial charge in [-0.3, -0.25) is 14.9 Å². The van der Waals surface area contributed by atoms with Crippen molar-refractivity contribution in [1.29, 1.82) is 0 Å². The van der Waals surface area contributed by atoms with Crippen LogP contribution >= 0.6 is 11.6 Å². The van der Waals surface area contributed by atoms with E-state index < -0.39 is 10.8 Å². The van der Waals surface area contributed by atoms with E-state index in [9.17, 15) is 14.9 Å². The maximum absolute atomic E-state index is 12.4. The van der Waals surface area contributed by atoms with Crippen molar-refractivity contribution in [3.63, 3.8) is 0 Å². The maximum atomic E-state index is 12.4. The number of nitro benzene ring substituents is 1. The molecule has 0 aliphatic carbocycles. The number of rotatable bonds is 5. The number of nitrogens with one attached hydrogen (secondary N) is 1. The molecule has 0 aliphatic heterocycles. The van der Waals surface area contributed by atoms with E-state index in [0.717, 1.165) is 5.56 Å². The van der Waals surface area contributed by atoms with Crippen LogP contribution in [0.15, 0.2) is 30.3 Å². The molecule has 0 radical (unpaired) electrons. The molecule has 0 spiro atoms. The summed E-state index contributed by atoms with van der Waals surface area (Å²) >= 11 is 6.08. The number of hydrogen-bond donors (Lipinski definition) is 1. The number of halogens is 1. The quantitative estimate of drug-likeness (QED) is 0.636. The van der Waals surface area contributed by atoms with E-state index in [-0.39, 0.29) is 11.4 Å². The first-order valence-corrected chi connectivity index (χ1v) is 7.71. The molecule has 0 fully saturated rings. The number of carbonyl (C=O) groups excluding carboxylic acids is 1. The van der Waals surface area contributed by atoms with Crippen LogP contribution in [-0.4, -0.2) is 17.4 Å². The van der Waals surface area contributed by atoms with E-state index in [4.69, 9.17) is 16.3 Å². The highest BCUT2D eigenvalue weighted by Gasteiger charge is 2.20. The predicted molar refractivity (Wildman–Crippen MR) is 93.1 cm³/mol. The fourth-order valence-corrected chi connectivity index (χ4v) is 2.45. The summed E-state index contributed by atoms with van der Waals surface area (Å²) in [5, 5.41) is 14.1. The number of aryl methyl sites for hydroxylation is 1. The SMILES string of the molecule is CCOc1ccc(C(=O)Nc2c([N+](=O)[O-])ccc(C)c2C)cc1Cl. The van der Waals surface area contributed by atoms with E-state index in [2.05, 4.69) is 5.32 Å². The average molecular weight is 349 g/mol. The zero-order valence-corrected chi connectivity index (χ0v) is 14.3. The summed E-state index contributed by atoms with van der Waals surface area (Å²) in [4.78, 5) is 23.1. The van der Waals surface area contributed by atoms with Gasteiger partial charge in [0.1, 0.15) is 11.4 Å². The largest absolute Gasteiger partial charge is 0.492 e. The van der Waals surface area contributed by atoms with Gasteiger partial charge in [-0.05, 0) is 50.1 Å². The van der Waals surface area contributed by atoms with Crippen molar-refractivity contribution in [2.75, 3.05) is 11.9 Å². The third-order valence-corrected chi connectivity index (χ3v) is 3.94. The Morgan fingerprint density at radius 1 is 1.29 bits per heavy atom. The molecule has 0 heterocycles. The van der Waals surface area contributed by atoms with Crippen LogP contribution in [0.5, 0.6) is 5.75 Å². The fraction of sp³-hybridized carbons (Fsp3) is 0.235. The van der Waals surface area contributed by atoms with Crippen molar-refractivity contribution >= 4 is 28.9 Å². The zero-order valence-electron chi connectivity index (χ0n) is 13.6. The molecule has 0 aliphatic rings. The lowest BCUT2D eigenvalue weighted by atomic mass is 10.1. The molecule has 2 aromatic rings. The molecule has 1 N–H and O–H groups in total. The number of carbonyl (C=O) groups is 1. The molecule has 0 bridgehead atoms. The Labute approximate surface area is 144 Å². The van der Waals surface area contributed by atoms with Crippen molar-refractivity contribution in [1.82, 2.24) is 0 Å². The molecule has 0 saturated carbocycles. The van der Waals surface area contributed by atoms with E-state index in [1.165, 1.54) is 12.1 Å². The van der Waals surface area contributed by atoms with Gasteiger partial charge >= 0.3 is 0 Å². The molecule has 2 aromatic carbocycles. The molecule has 1 amide bonds. The molecule has 6 nitrogen and oxygen atoms in total. The third kappa shape index (κ3) is 3.65. The second-order valence-corrected chi connectivity index (χ2v) is 5.60. The Bertz CT molecular complexity index is 805. The summed E-state index contributed by atoms with van der Waals surface area (Å²) in [6.45, 7) is 5.84. The highest BCUT2D eigenvalue weighted by atomic mass is 35.5. The molecule has 2 rings (SSSR count). The Balaban J connectivity index is 2.35. The van der Waals surface area contributed by atoms with Crippen LogP contribution < -0.4 is 10.1 Å². The smallest absolute Gasteiger partial charge is 0.293 e. The minimum atomic E-state index is -0.521. The van der Waals surface area contributed by atoms with Gasteiger partial charge in [-0.1, -0.05) is 17.7 Å². The second-order valence-electron chi connectivity index (χ2n) is 5.19. The minimum Gasteiger partial charge on any atom is -0.492 e. The van der Waals surface area contributed by atoms with Crippen LogP contribution in [0.1, 0.15) is 28.4 Å². The maximum Gasteiger partial charge on any atom is 0.293 e. The van der Waals surface area contributed by atoms with Crippen LogP contribution in [0.25, 0.3) is 0 Å². The molecule has 0 saturated heterocycles. The van der Waals surface area contributed by atoms with E-state index in [1.54, 1.807) is 25.1 Å². The van der Waals surface area contributed by atoms with Crippen molar-refractivity contribution < 1.29 is 14.5 Å². The van der Waals surface area contributed by atoms with Crippen molar-refractivity contribution in [2.24, 2.45) is 0 Å². The predicted octanol–water partition coefficient (Wildman–Crippen LogP) is 4.52. The number of ether oxygens (including phenoxy) is 1. The summed E-state index contributed by atoms with van der Waals surface area (Å²) < 4.78 is 5.32. The molecular weight excluding hydrogens is 332 g/mol. The lowest BCUT2D eigenvalue weighted by Crippen LogP contribution is -2.14. The lowest BCUT2D eigenvalue weighted by molar-refractivity contribution is -0.384. The first kappa shape index (κ1) is 17.7. The molecule has 24 heavy (non-hydrogen) atoms. The number of nitrogens with zero attached hydrogens (tertiary/aromatic N) is 1.